The average molecular weight is 389 g/mol. The van der Waals surface area contributed by atoms with Crippen molar-refractivity contribution >= 4 is 11.8 Å². The molecular formula is C17H31N3O7. The van der Waals surface area contributed by atoms with Crippen LogP contribution >= 0.6 is 0 Å². The van der Waals surface area contributed by atoms with Gasteiger partial charge in [0.2, 0.25) is 11.8 Å². The number of ether oxygens (including phenoxy) is 3. The topological polar surface area (TPSA) is 152 Å². The Morgan fingerprint density at radius 3 is 2.78 bits per heavy atom. The minimum atomic E-state index is -1.34. The number of fused-ring (bicyclic) bond motifs is 2. The second-order valence-electron chi connectivity index (χ2n) is 7.05. The molecule has 2 fully saturated rings. The predicted molar refractivity (Wildman–Crippen MR) is 94.5 cm³/mol. The van der Waals surface area contributed by atoms with E-state index in [9.17, 15) is 19.8 Å². The lowest BCUT2D eigenvalue weighted by Gasteiger charge is -2.43. The van der Waals surface area contributed by atoms with Crippen molar-refractivity contribution in [2.75, 3.05) is 26.3 Å². The first-order valence-corrected chi connectivity index (χ1v) is 9.36. The molecule has 2 bridgehead atoms. The van der Waals surface area contributed by atoms with Gasteiger partial charge in [0.15, 0.2) is 6.29 Å². The van der Waals surface area contributed by atoms with Crippen LogP contribution in [0, 0.1) is 0 Å². The highest BCUT2D eigenvalue weighted by Crippen LogP contribution is 2.37. The van der Waals surface area contributed by atoms with Crippen molar-refractivity contribution in [1.82, 2.24) is 10.6 Å². The first-order valence-electron chi connectivity index (χ1n) is 9.36. The van der Waals surface area contributed by atoms with Crippen LogP contribution in [-0.4, -0.2) is 84.6 Å². The number of hydrogen-bond acceptors (Lipinski definition) is 8. The van der Waals surface area contributed by atoms with Crippen molar-refractivity contribution < 1.29 is 34.0 Å². The molecule has 0 spiro atoms. The maximum Gasteiger partial charge on any atom is 0.249 e. The van der Waals surface area contributed by atoms with Gasteiger partial charge in [0, 0.05) is 13.5 Å². The van der Waals surface area contributed by atoms with Crippen LogP contribution in [0.2, 0.25) is 0 Å². The highest BCUT2D eigenvalue weighted by atomic mass is 16.8. The van der Waals surface area contributed by atoms with Crippen molar-refractivity contribution in [3.05, 3.63) is 0 Å². The highest BCUT2D eigenvalue weighted by Gasteiger charge is 2.59. The summed E-state index contributed by atoms with van der Waals surface area (Å²) in [4.78, 5) is 23.6. The molecule has 27 heavy (non-hydrogen) atoms. The molecule has 0 aromatic heterocycles. The van der Waals surface area contributed by atoms with Crippen molar-refractivity contribution in [3.63, 3.8) is 0 Å². The quantitative estimate of drug-likeness (QED) is 0.269. The van der Waals surface area contributed by atoms with Gasteiger partial charge in [-0.05, 0) is 19.4 Å². The van der Waals surface area contributed by atoms with E-state index in [1.54, 1.807) is 0 Å². The number of nitrogens with one attached hydrogen (secondary N) is 2. The third kappa shape index (κ3) is 5.15. The van der Waals surface area contributed by atoms with Gasteiger partial charge >= 0.3 is 0 Å². The average Bonchev–Trinajstić information content (AvgIpc) is 3.03. The van der Waals surface area contributed by atoms with Crippen LogP contribution in [0.15, 0.2) is 0 Å². The first-order chi connectivity index (χ1) is 12.8. The highest BCUT2D eigenvalue weighted by molar-refractivity contribution is 5.80. The summed E-state index contributed by atoms with van der Waals surface area (Å²) in [6, 6.07) is -0.876. The molecule has 1 unspecified atom stereocenters. The lowest BCUT2D eigenvalue weighted by atomic mass is 9.88. The smallest absolute Gasteiger partial charge is 0.249 e. The number of amides is 2. The summed E-state index contributed by atoms with van der Waals surface area (Å²) in [5.41, 5.74) is 4.14. The Morgan fingerprint density at radius 2 is 2.15 bits per heavy atom. The Balaban J connectivity index is 1.99. The minimum absolute atomic E-state index is 0.0143. The summed E-state index contributed by atoms with van der Waals surface area (Å²) in [6.45, 7) is 4.05. The number of rotatable bonds is 10. The maximum absolute atomic E-state index is 12.3. The maximum atomic E-state index is 12.3. The molecule has 10 heteroatoms. The Labute approximate surface area is 158 Å². The second kappa shape index (κ2) is 9.76. The zero-order valence-corrected chi connectivity index (χ0v) is 15.8. The van der Waals surface area contributed by atoms with Gasteiger partial charge in [0.1, 0.15) is 30.0 Å². The summed E-state index contributed by atoms with van der Waals surface area (Å²) in [6.07, 6.45) is -2.30. The minimum Gasteiger partial charge on any atom is -0.388 e. The molecule has 2 rings (SSSR count). The summed E-state index contributed by atoms with van der Waals surface area (Å²) in [5, 5.41) is 26.2. The van der Waals surface area contributed by atoms with E-state index >= 15 is 0 Å². The van der Waals surface area contributed by atoms with Crippen LogP contribution in [-0.2, 0) is 23.8 Å². The standard InChI is InChI=1S/C17H31N3O7/c1-3-5-11(15(24)19-7-4-6-18)25-8-17-9-26-16(27-17)12(20-10(2)21)13(22)14(17)23/h11-14,16,22-23H,3-9,18H2,1-2H3,(H,19,24)(H,20,21)/t11?,12-,13-,14-,16+,17+/m1/s1. The molecule has 10 nitrogen and oxygen atoms in total. The number of carbonyl (C=O) groups is 2. The predicted octanol–water partition coefficient (Wildman–Crippen LogP) is -2.01. The Morgan fingerprint density at radius 1 is 1.41 bits per heavy atom. The number of aliphatic hydroxyl groups excluding tert-OH is 2. The molecule has 0 aromatic rings. The Hall–Kier alpha value is -1.30. The van der Waals surface area contributed by atoms with Crippen molar-refractivity contribution in [2.24, 2.45) is 5.73 Å². The van der Waals surface area contributed by atoms with Crippen LogP contribution in [0.3, 0.4) is 0 Å². The number of carbonyl (C=O) groups excluding carboxylic acids is 2. The molecule has 0 saturated carbocycles. The van der Waals surface area contributed by atoms with Crippen molar-refractivity contribution in [1.29, 1.82) is 0 Å². The van der Waals surface area contributed by atoms with E-state index in [1.165, 1.54) is 6.92 Å². The normalized spacial score (nSPS) is 33.5. The third-order valence-corrected chi connectivity index (χ3v) is 4.79. The van der Waals surface area contributed by atoms with E-state index in [0.29, 0.717) is 25.9 Å². The fourth-order valence-corrected chi connectivity index (χ4v) is 3.29. The van der Waals surface area contributed by atoms with Crippen LogP contribution in [0.4, 0.5) is 0 Å². The fraction of sp³-hybridized carbons (Fsp3) is 0.882. The van der Waals surface area contributed by atoms with E-state index in [-0.39, 0.29) is 25.0 Å². The monoisotopic (exact) mass is 389 g/mol. The third-order valence-electron chi connectivity index (χ3n) is 4.79. The summed E-state index contributed by atoms with van der Waals surface area (Å²) in [5.74, 6) is -0.620. The molecule has 2 aliphatic rings. The van der Waals surface area contributed by atoms with Gasteiger partial charge in [-0.15, -0.1) is 0 Å². The molecule has 2 heterocycles. The van der Waals surface area contributed by atoms with Crippen LogP contribution in [0.25, 0.3) is 0 Å². The molecule has 2 amide bonds. The Bertz CT molecular complexity index is 521. The second-order valence-corrected chi connectivity index (χ2v) is 7.05. The van der Waals surface area contributed by atoms with E-state index in [0.717, 1.165) is 6.42 Å². The van der Waals surface area contributed by atoms with Gasteiger partial charge in [0.05, 0.1) is 13.2 Å². The molecule has 0 aromatic carbocycles. The lowest BCUT2D eigenvalue weighted by molar-refractivity contribution is -0.240. The summed E-state index contributed by atoms with van der Waals surface area (Å²) in [7, 11) is 0. The van der Waals surface area contributed by atoms with E-state index < -0.39 is 36.2 Å². The van der Waals surface area contributed by atoms with Gasteiger partial charge in [-0.25, -0.2) is 0 Å². The zero-order valence-electron chi connectivity index (χ0n) is 15.8. The summed E-state index contributed by atoms with van der Waals surface area (Å²) >= 11 is 0. The van der Waals surface area contributed by atoms with Crippen molar-refractivity contribution in [2.45, 2.75) is 69.4 Å². The molecule has 6 atom stereocenters. The van der Waals surface area contributed by atoms with Crippen LogP contribution in [0.5, 0.6) is 0 Å². The summed E-state index contributed by atoms with van der Waals surface area (Å²) < 4.78 is 17.0. The van der Waals surface area contributed by atoms with Crippen LogP contribution in [0.1, 0.15) is 33.1 Å². The number of nitrogens with two attached hydrogens (primary N) is 1. The van der Waals surface area contributed by atoms with E-state index in [4.69, 9.17) is 19.9 Å². The van der Waals surface area contributed by atoms with Gasteiger partial charge in [-0.1, -0.05) is 13.3 Å². The van der Waals surface area contributed by atoms with Gasteiger partial charge in [-0.3, -0.25) is 9.59 Å². The van der Waals surface area contributed by atoms with Crippen LogP contribution < -0.4 is 16.4 Å². The zero-order chi connectivity index (χ0) is 20.0. The fourth-order valence-electron chi connectivity index (χ4n) is 3.29. The molecular weight excluding hydrogens is 358 g/mol. The van der Waals surface area contributed by atoms with E-state index in [2.05, 4.69) is 10.6 Å². The van der Waals surface area contributed by atoms with Gasteiger partial charge in [0.25, 0.3) is 0 Å². The SMILES string of the molecule is CCCC(OC[C@@]12CO[C@@H](O1)[C@H](NC(C)=O)[C@@H](O)[C@H]2O)C(=O)NCCCN. The first kappa shape index (κ1) is 22.0. The lowest BCUT2D eigenvalue weighted by Crippen LogP contribution is -2.66. The molecule has 0 radical (unpaired) electrons. The number of aliphatic hydroxyl groups is 2. The largest absolute Gasteiger partial charge is 0.388 e. The van der Waals surface area contributed by atoms with E-state index in [1.807, 2.05) is 6.92 Å². The number of hydrogen-bond donors (Lipinski definition) is 5. The molecule has 156 valence electrons. The molecule has 2 aliphatic heterocycles. The Kier molecular flexibility index (Phi) is 7.95. The molecule has 2 saturated heterocycles. The van der Waals surface area contributed by atoms with Gasteiger partial charge in [-0.2, -0.15) is 0 Å². The van der Waals surface area contributed by atoms with Gasteiger partial charge < -0.3 is 40.8 Å². The van der Waals surface area contributed by atoms with Crippen molar-refractivity contribution in [3.8, 4) is 0 Å². The molecule has 6 N–H and O–H groups in total. The molecule has 0 aliphatic carbocycles.